The van der Waals surface area contributed by atoms with Crippen LogP contribution >= 0.6 is 23.4 Å². The summed E-state index contributed by atoms with van der Waals surface area (Å²) < 4.78 is 5.18. The number of thioether (sulfide) groups is 1. The fourth-order valence-corrected chi connectivity index (χ4v) is 2.85. The summed E-state index contributed by atoms with van der Waals surface area (Å²) in [5.74, 6) is -1.52. The summed E-state index contributed by atoms with van der Waals surface area (Å²) in [4.78, 5) is 24.8. The zero-order valence-electron chi connectivity index (χ0n) is 11.5. The van der Waals surface area contributed by atoms with Crippen LogP contribution in [0.1, 0.15) is 23.2 Å². The minimum Gasteiger partial charge on any atom is -0.480 e. The Balaban J connectivity index is 2.25. The molecule has 1 heterocycles. The Morgan fingerprint density at radius 1 is 1.38 bits per heavy atom. The van der Waals surface area contributed by atoms with E-state index in [2.05, 4.69) is 5.32 Å². The van der Waals surface area contributed by atoms with E-state index < -0.39 is 17.4 Å². The highest BCUT2D eigenvalue weighted by atomic mass is 35.5. The molecule has 114 valence electrons. The molecule has 2 rings (SSSR count). The number of amides is 1. The summed E-state index contributed by atoms with van der Waals surface area (Å²) in [6, 6.07) is 5.11. The van der Waals surface area contributed by atoms with Crippen LogP contribution < -0.4 is 5.32 Å². The van der Waals surface area contributed by atoms with Crippen LogP contribution in [0.25, 0.3) is 0 Å². The van der Waals surface area contributed by atoms with Crippen LogP contribution in [0.5, 0.6) is 0 Å². The quantitative estimate of drug-likeness (QED) is 0.830. The summed E-state index contributed by atoms with van der Waals surface area (Å²) in [5.41, 5.74) is -0.996. The van der Waals surface area contributed by atoms with Crippen molar-refractivity contribution in [3.8, 4) is 0 Å². The first kappa shape index (κ1) is 16.1. The highest BCUT2D eigenvalue weighted by Gasteiger charge is 2.42. The van der Waals surface area contributed by atoms with Gasteiger partial charge in [-0.15, -0.1) is 11.8 Å². The van der Waals surface area contributed by atoms with Gasteiger partial charge in [-0.25, -0.2) is 4.79 Å². The van der Waals surface area contributed by atoms with Crippen LogP contribution in [-0.2, 0) is 9.53 Å². The first-order valence-electron chi connectivity index (χ1n) is 6.46. The molecule has 2 N–H and O–H groups in total. The van der Waals surface area contributed by atoms with E-state index in [4.69, 9.17) is 16.3 Å². The Labute approximate surface area is 132 Å². The molecule has 1 aliphatic rings. The molecular formula is C14H16ClNO4S. The predicted octanol–water partition coefficient (Wildman–Crippen LogP) is 2.43. The molecule has 1 fully saturated rings. The first-order valence-corrected chi connectivity index (χ1v) is 8.06. The molecule has 5 nitrogen and oxygen atoms in total. The molecule has 1 amide bonds. The summed E-state index contributed by atoms with van der Waals surface area (Å²) in [6.45, 7) is 0.621. The second kappa shape index (κ2) is 6.68. The maximum atomic E-state index is 12.4. The third kappa shape index (κ3) is 3.51. The van der Waals surface area contributed by atoms with Crippen LogP contribution in [0.4, 0.5) is 0 Å². The second-order valence-corrected chi connectivity index (χ2v) is 6.09. The van der Waals surface area contributed by atoms with Crippen LogP contribution in [0.15, 0.2) is 23.1 Å². The molecule has 7 heteroatoms. The molecule has 0 spiro atoms. The number of hydrogen-bond acceptors (Lipinski definition) is 4. The van der Waals surface area contributed by atoms with Gasteiger partial charge in [0.25, 0.3) is 5.91 Å². The zero-order chi connectivity index (χ0) is 15.5. The molecule has 0 saturated carbocycles. The summed E-state index contributed by atoms with van der Waals surface area (Å²) >= 11 is 7.53. The molecule has 21 heavy (non-hydrogen) atoms. The number of carbonyl (C=O) groups is 2. The van der Waals surface area contributed by atoms with Crippen molar-refractivity contribution >= 4 is 35.2 Å². The van der Waals surface area contributed by atoms with Crippen molar-refractivity contribution in [1.29, 1.82) is 0 Å². The monoisotopic (exact) mass is 329 g/mol. The Hall–Kier alpha value is -1.24. The van der Waals surface area contributed by atoms with Gasteiger partial charge in [0.1, 0.15) is 5.54 Å². The summed E-state index contributed by atoms with van der Waals surface area (Å²) in [6.07, 6.45) is 2.38. The van der Waals surface area contributed by atoms with Crippen LogP contribution in [0.3, 0.4) is 0 Å². The van der Waals surface area contributed by atoms with Crippen molar-refractivity contribution < 1.29 is 19.4 Å². The number of carboxylic acids is 1. The molecule has 0 atom stereocenters. The van der Waals surface area contributed by atoms with Crippen molar-refractivity contribution in [3.05, 3.63) is 28.8 Å². The molecule has 1 saturated heterocycles. The normalized spacial score (nSPS) is 17.2. The second-order valence-electron chi connectivity index (χ2n) is 4.80. The van der Waals surface area contributed by atoms with Gasteiger partial charge >= 0.3 is 5.97 Å². The Bertz CT molecular complexity index is 558. The molecule has 0 bridgehead atoms. The van der Waals surface area contributed by atoms with Crippen molar-refractivity contribution in [1.82, 2.24) is 5.32 Å². The van der Waals surface area contributed by atoms with Gasteiger partial charge in [0, 0.05) is 31.0 Å². The lowest BCUT2D eigenvalue weighted by Crippen LogP contribution is -2.57. The lowest BCUT2D eigenvalue weighted by molar-refractivity contribution is -0.148. The van der Waals surface area contributed by atoms with Crippen LogP contribution in [-0.4, -0.2) is 42.0 Å². The van der Waals surface area contributed by atoms with Crippen molar-refractivity contribution in [3.63, 3.8) is 0 Å². The van der Waals surface area contributed by atoms with E-state index in [1.54, 1.807) is 12.1 Å². The minimum absolute atomic E-state index is 0.244. The Kier molecular flexibility index (Phi) is 5.13. The number of rotatable bonds is 4. The highest BCUT2D eigenvalue weighted by Crippen LogP contribution is 2.26. The number of halogens is 1. The fourth-order valence-electron chi connectivity index (χ4n) is 2.20. The predicted molar refractivity (Wildman–Crippen MR) is 81.1 cm³/mol. The van der Waals surface area contributed by atoms with Gasteiger partial charge in [-0.2, -0.15) is 0 Å². The molecule has 0 radical (unpaired) electrons. The topological polar surface area (TPSA) is 75.6 Å². The van der Waals surface area contributed by atoms with Crippen molar-refractivity contribution in [2.45, 2.75) is 23.3 Å². The number of nitrogens with one attached hydrogen (secondary N) is 1. The van der Waals surface area contributed by atoms with Gasteiger partial charge in [-0.05, 0) is 24.5 Å². The van der Waals surface area contributed by atoms with E-state index in [0.29, 0.717) is 18.2 Å². The number of carbonyl (C=O) groups excluding carboxylic acids is 1. The van der Waals surface area contributed by atoms with Gasteiger partial charge < -0.3 is 15.2 Å². The van der Waals surface area contributed by atoms with E-state index >= 15 is 0 Å². The largest absolute Gasteiger partial charge is 0.480 e. The lowest BCUT2D eigenvalue weighted by Gasteiger charge is -2.34. The van der Waals surface area contributed by atoms with E-state index in [1.807, 2.05) is 12.3 Å². The first-order chi connectivity index (χ1) is 9.98. The van der Waals surface area contributed by atoms with E-state index in [9.17, 15) is 14.7 Å². The fraction of sp³-hybridized carbons (Fsp3) is 0.429. The van der Waals surface area contributed by atoms with Crippen molar-refractivity contribution in [2.75, 3.05) is 19.5 Å². The maximum Gasteiger partial charge on any atom is 0.329 e. The smallest absolute Gasteiger partial charge is 0.329 e. The molecule has 1 aliphatic heterocycles. The SMILES string of the molecule is CSc1ccc(Cl)c(C(=O)NC2(C(=O)O)CCOCC2)c1. The maximum absolute atomic E-state index is 12.4. The zero-order valence-corrected chi connectivity index (χ0v) is 13.1. The summed E-state index contributed by atoms with van der Waals surface area (Å²) in [7, 11) is 0. The van der Waals surface area contributed by atoms with Gasteiger partial charge in [-0.3, -0.25) is 4.79 Å². The Morgan fingerprint density at radius 3 is 2.62 bits per heavy atom. The number of ether oxygens (including phenoxy) is 1. The number of hydrogen-bond donors (Lipinski definition) is 2. The van der Waals surface area contributed by atoms with E-state index in [0.717, 1.165) is 4.90 Å². The molecule has 0 unspecified atom stereocenters. The van der Waals surface area contributed by atoms with Gasteiger partial charge in [0.05, 0.1) is 10.6 Å². The van der Waals surface area contributed by atoms with Gasteiger partial charge in [-0.1, -0.05) is 11.6 Å². The van der Waals surface area contributed by atoms with Crippen molar-refractivity contribution in [2.24, 2.45) is 0 Å². The Morgan fingerprint density at radius 2 is 2.05 bits per heavy atom. The minimum atomic E-state index is -1.28. The van der Waals surface area contributed by atoms with E-state index in [-0.39, 0.29) is 18.4 Å². The highest BCUT2D eigenvalue weighted by molar-refractivity contribution is 7.98. The standard InChI is InChI=1S/C14H16ClNO4S/c1-21-9-2-3-11(15)10(8-9)12(17)16-14(13(18)19)4-6-20-7-5-14/h2-3,8H,4-7H2,1H3,(H,16,17)(H,18,19). The molecular weight excluding hydrogens is 314 g/mol. The molecule has 0 aromatic heterocycles. The van der Waals surface area contributed by atoms with E-state index in [1.165, 1.54) is 11.8 Å². The van der Waals surface area contributed by atoms with Gasteiger partial charge in [0.2, 0.25) is 0 Å². The molecule has 1 aromatic rings. The lowest BCUT2D eigenvalue weighted by atomic mass is 9.89. The summed E-state index contributed by atoms with van der Waals surface area (Å²) in [5, 5.41) is 12.4. The number of benzene rings is 1. The van der Waals surface area contributed by atoms with Crippen LogP contribution in [0.2, 0.25) is 5.02 Å². The third-order valence-corrected chi connectivity index (χ3v) is 4.58. The average Bonchev–Trinajstić information content (AvgIpc) is 2.48. The number of carboxylic acid groups (broad SMARTS) is 1. The third-order valence-electron chi connectivity index (χ3n) is 3.53. The average molecular weight is 330 g/mol. The molecule has 0 aliphatic carbocycles. The van der Waals surface area contributed by atoms with Crippen LogP contribution in [0, 0.1) is 0 Å². The number of aliphatic carboxylic acids is 1. The van der Waals surface area contributed by atoms with Gasteiger partial charge in [0.15, 0.2) is 0 Å². The molecule has 1 aromatic carbocycles.